The van der Waals surface area contributed by atoms with Gasteiger partial charge in [0.2, 0.25) is 0 Å². The summed E-state index contributed by atoms with van der Waals surface area (Å²) in [4.78, 5) is 23.0. The molecule has 2 fully saturated rings. The van der Waals surface area contributed by atoms with Gasteiger partial charge in [0.05, 0.1) is 11.9 Å². The third-order valence-corrected chi connectivity index (χ3v) is 6.56. The average Bonchev–Trinajstić information content (AvgIpc) is 3.43. The van der Waals surface area contributed by atoms with Gasteiger partial charge < -0.3 is 9.88 Å². The molecule has 136 valence electrons. The topological polar surface area (TPSA) is 74.8 Å². The fourth-order valence-corrected chi connectivity index (χ4v) is 4.75. The number of hydrogen-bond acceptors (Lipinski definition) is 5. The van der Waals surface area contributed by atoms with Crippen LogP contribution >= 0.6 is 0 Å². The summed E-state index contributed by atoms with van der Waals surface area (Å²) in [5.41, 5.74) is 4.45. The van der Waals surface area contributed by atoms with Crippen molar-refractivity contribution < 1.29 is 0 Å². The van der Waals surface area contributed by atoms with Gasteiger partial charge in [-0.15, -0.1) is 5.10 Å². The van der Waals surface area contributed by atoms with E-state index in [1.165, 1.54) is 11.1 Å². The van der Waals surface area contributed by atoms with Crippen LogP contribution in [0.1, 0.15) is 66.2 Å². The van der Waals surface area contributed by atoms with E-state index in [2.05, 4.69) is 33.9 Å². The van der Waals surface area contributed by atoms with E-state index in [9.17, 15) is 4.79 Å². The lowest BCUT2D eigenvalue weighted by atomic mass is 9.77. The van der Waals surface area contributed by atoms with Gasteiger partial charge in [0.25, 0.3) is 5.56 Å². The molecule has 26 heavy (non-hydrogen) atoms. The van der Waals surface area contributed by atoms with Crippen molar-refractivity contribution in [3.63, 3.8) is 0 Å². The highest BCUT2D eigenvalue weighted by molar-refractivity contribution is 5.50. The Morgan fingerprint density at radius 1 is 1.27 bits per heavy atom. The first kappa shape index (κ1) is 16.0. The third kappa shape index (κ3) is 2.38. The van der Waals surface area contributed by atoms with E-state index in [1.807, 2.05) is 6.20 Å². The molecule has 2 aliphatic carbocycles. The van der Waals surface area contributed by atoms with Gasteiger partial charge in [0.1, 0.15) is 5.82 Å². The number of hydrogen-bond donors (Lipinski definition) is 1. The Morgan fingerprint density at radius 3 is 2.92 bits per heavy atom. The maximum Gasteiger partial charge on any atom is 0.254 e. The molecule has 1 N–H and O–H groups in total. The first-order chi connectivity index (χ1) is 12.6. The van der Waals surface area contributed by atoms with Crippen LogP contribution in [0.3, 0.4) is 0 Å². The summed E-state index contributed by atoms with van der Waals surface area (Å²) in [5, 5.41) is 8.61. The minimum absolute atomic E-state index is 0.0106. The Balaban J connectivity index is 1.55. The molecule has 1 unspecified atom stereocenters. The number of nitrogens with one attached hydrogen (secondary N) is 1. The molecule has 1 saturated carbocycles. The van der Waals surface area contributed by atoms with Crippen molar-refractivity contribution in [1.82, 2.24) is 20.2 Å². The van der Waals surface area contributed by atoms with E-state index in [0.29, 0.717) is 5.92 Å². The Kier molecular flexibility index (Phi) is 3.46. The van der Waals surface area contributed by atoms with Crippen molar-refractivity contribution in [2.75, 3.05) is 18.0 Å². The first-order valence-electron chi connectivity index (χ1n) is 9.75. The van der Waals surface area contributed by atoms with Crippen LogP contribution in [0.2, 0.25) is 0 Å². The van der Waals surface area contributed by atoms with Crippen molar-refractivity contribution in [2.24, 2.45) is 0 Å². The first-order valence-corrected chi connectivity index (χ1v) is 9.75. The molecule has 3 aliphatic rings. The fraction of sp³-hybridized carbons (Fsp3) is 0.600. The van der Waals surface area contributed by atoms with Crippen LogP contribution in [-0.2, 0) is 11.8 Å². The van der Waals surface area contributed by atoms with E-state index in [4.69, 9.17) is 4.98 Å². The third-order valence-electron chi connectivity index (χ3n) is 6.56. The van der Waals surface area contributed by atoms with Crippen LogP contribution < -0.4 is 10.5 Å². The molecule has 5 rings (SSSR count). The number of aromatic nitrogens is 4. The lowest BCUT2D eigenvalue weighted by Crippen LogP contribution is -2.46. The monoisotopic (exact) mass is 351 g/mol. The Bertz CT molecular complexity index is 932. The Morgan fingerprint density at radius 2 is 2.12 bits per heavy atom. The molecule has 2 aromatic heterocycles. The SMILES string of the molecule is Cc1cnnc(N2CCCC3(CCc4c3nc(C3CC3)[nH]c4=O)C2)c1C. The minimum Gasteiger partial charge on any atom is -0.354 e. The minimum atomic E-state index is -0.0106. The average molecular weight is 351 g/mol. The van der Waals surface area contributed by atoms with Crippen LogP contribution in [0, 0.1) is 13.8 Å². The van der Waals surface area contributed by atoms with E-state index in [0.717, 1.165) is 74.5 Å². The predicted molar refractivity (Wildman–Crippen MR) is 99.8 cm³/mol. The van der Waals surface area contributed by atoms with Crippen LogP contribution in [0.15, 0.2) is 11.0 Å². The second kappa shape index (κ2) is 5.63. The molecule has 6 nitrogen and oxygen atoms in total. The van der Waals surface area contributed by atoms with Crippen molar-refractivity contribution in [1.29, 1.82) is 0 Å². The van der Waals surface area contributed by atoms with Crippen LogP contribution in [-0.4, -0.2) is 33.3 Å². The zero-order chi connectivity index (χ0) is 17.9. The summed E-state index contributed by atoms with van der Waals surface area (Å²) in [6.45, 7) is 6.09. The highest BCUT2D eigenvalue weighted by Gasteiger charge is 2.46. The van der Waals surface area contributed by atoms with E-state index >= 15 is 0 Å². The van der Waals surface area contributed by atoms with Gasteiger partial charge in [0.15, 0.2) is 5.82 Å². The number of aromatic amines is 1. The summed E-state index contributed by atoms with van der Waals surface area (Å²) in [5.74, 6) is 2.37. The summed E-state index contributed by atoms with van der Waals surface area (Å²) < 4.78 is 0. The van der Waals surface area contributed by atoms with Gasteiger partial charge in [-0.05, 0) is 63.5 Å². The number of piperidine rings is 1. The van der Waals surface area contributed by atoms with E-state index in [-0.39, 0.29) is 11.0 Å². The van der Waals surface area contributed by atoms with Crippen LogP contribution in [0.4, 0.5) is 5.82 Å². The molecule has 0 bridgehead atoms. The molecular weight excluding hydrogens is 326 g/mol. The van der Waals surface area contributed by atoms with Gasteiger partial charge in [0, 0.05) is 30.0 Å². The molecule has 1 spiro atoms. The Hall–Kier alpha value is -2.24. The van der Waals surface area contributed by atoms with E-state index < -0.39 is 0 Å². The normalized spacial score (nSPS) is 24.9. The molecular formula is C20H25N5O. The van der Waals surface area contributed by atoms with Crippen molar-refractivity contribution in [3.05, 3.63) is 44.8 Å². The summed E-state index contributed by atoms with van der Waals surface area (Å²) >= 11 is 0. The molecule has 1 atom stereocenters. The number of H-pyrrole nitrogens is 1. The molecule has 6 heteroatoms. The summed E-state index contributed by atoms with van der Waals surface area (Å²) in [6, 6.07) is 0. The number of rotatable bonds is 2. The quantitative estimate of drug-likeness (QED) is 0.900. The molecule has 0 aromatic carbocycles. The standard InChI is InChI=1S/C20H25N5O/c1-12-10-21-24-18(13(12)2)25-9-3-7-20(11-25)8-6-15-16(20)22-17(14-4-5-14)23-19(15)26/h10,14H,3-9,11H2,1-2H3,(H,22,23,26). The maximum absolute atomic E-state index is 12.6. The lowest BCUT2D eigenvalue weighted by molar-refractivity contribution is 0.332. The smallest absolute Gasteiger partial charge is 0.254 e. The van der Waals surface area contributed by atoms with Gasteiger partial charge in [-0.3, -0.25) is 4.79 Å². The van der Waals surface area contributed by atoms with Crippen molar-refractivity contribution in [2.45, 2.75) is 63.7 Å². The highest BCUT2D eigenvalue weighted by Crippen LogP contribution is 2.45. The maximum atomic E-state index is 12.6. The predicted octanol–water partition coefficient (Wildman–Crippen LogP) is 2.54. The number of fused-ring (bicyclic) bond motifs is 2. The van der Waals surface area contributed by atoms with Gasteiger partial charge >= 0.3 is 0 Å². The number of aryl methyl sites for hydroxylation is 1. The van der Waals surface area contributed by atoms with Crippen molar-refractivity contribution >= 4 is 5.82 Å². The largest absolute Gasteiger partial charge is 0.354 e. The highest BCUT2D eigenvalue weighted by atomic mass is 16.1. The van der Waals surface area contributed by atoms with Gasteiger partial charge in [-0.25, -0.2) is 4.98 Å². The zero-order valence-corrected chi connectivity index (χ0v) is 15.5. The van der Waals surface area contributed by atoms with Crippen LogP contribution in [0.25, 0.3) is 0 Å². The fourth-order valence-electron chi connectivity index (χ4n) is 4.75. The van der Waals surface area contributed by atoms with Crippen LogP contribution in [0.5, 0.6) is 0 Å². The molecule has 0 radical (unpaired) electrons. The van der Waals surface area contributed by atoms with E-state index in [1.54, 1.807) is 0 Å². The van der Waals surface area contributed by atoms with Gasteiger partial charge in [-0.2, -0.15) is 5.10 Å². The zero-order valence-electron chi connectivity index (χ0n) is 15.5. The lowest BCUT2D eigenvalue weighted by Gasteiger charge is -2.41. The summed E-state index contributed by atoms with van der Waals surface area (Å²) in [6.07, 6.45) is 8.19. The second-order valence-corrected chi connectivity index (χ2v) is 8.33. The number of nitrogens with zero attached hydrogens (tertiary/aromatic N) is 4. The molecule has 1 aliphatic heterocycles. The van der Waals surface area contributed by atoms with Crippen molar-refractivity contribution in [3.8, 4) is 0 Å². The molecule has 2 aromatic rings. The molecule has 0 amide bonds. The second-order valence-electron chi connectivity index (χ2n) is 8.33. The Labute approximate surface area is 153 Å². The molecule has 1 saturated heterocycles. The molecule has 3 heterocycles. The number of anilines is 1. The van der Waals surface area contributed by atoms with Gasteiger partial charge in [-0.1, -0.05) is 0 Å². The summed E-state index contributed by atoms with van der Waals surface area (Å²) in [7, 11) is 0.